The summed E-state index contributed by atoms with van der Waals surface area (Å²) in [4.78, 5) is 33.0. The Kier molecular flexibility index (Phi) is 10.8. The number of hydrogen-bond acceptors (Lipinski definition) is 9. The number of anilines is 1. The number of fused-ring (bicyclic) bond motifs is 1. The number of thiophene rings is 1. The van der Waals surface area contributed by atoms with E-state index in [1.807, 2.05) is 103 Å². The molecule has 12 heteroatoms. The van der Waals surface area contributed by atoms with Crippen LogP contribution in [0.2, 0.25) is 5.02 Å². The normalized spacial score (nSPS) is 12.4. The maximum Gasteiger partial charge on any atom is 0.307 e. The van der Waals surface area contributed by atoms with Crippen LogP contribution >= 0.6 is 22.9 Å². The number of nitrogens with one attached hydrogen (secondary N) is 1. The van der Waals surface area contributed by atoms with Gasteiger partial charge in [-0.15, -0.1) is 11.3 Å². The molecule has 0 saturated heterocycles. The monoisotopic (exact) mass is 807 g/mol. The van der Waals surface area contributed by atoms with E-state index in [4.69, 9.17) is 36.4 Å². The second kappa shape index (κ2) is 16.3. The van der Waals surface area contributed by atoms with Gasteiger partial charge in [-0.1, -0.05) is 129 Å². The van der Waals surface area contributed by atoms with E-state index in [1.54, 1.807) is 31.5 Å². The van der Waals surface area contributed by atoms with Crippen LogP contribution in [0.1, 0.15) is 49.6 Å². The molecule has 0 fully saturated rings. The quantitative estimate of drug-likeness (QED) is 0.0906. The van der Waals surface area contributed by atoms with Crippen LogP contribution in [0.25, 0.3) is 33.1 Å². The number of hydrogen-bond donors (Lipinski definition) is 1. The van der Waals surface area contributed by atoms with E-state index < -0.39 is 28.8 Å². The Morgan fingerprint density at radius 2 is 1.48 bits per heavy atom. The zero-order valence-electron chi connectivity index (χ0n) is 32.0. The molecule has 9 nitrogen and oxygen atoms in total. The molecule has 0 aliphatic heterocycles. The summed E-state index contributed by atoms with van der Waals surface area (Å²) in [6.45, 7) is 5.85. The van der Waals surface area contributed by atoms with Gasteiger partial charge in [0.15, 0.2) is 23.1 Å². The highest BCUT2D eigenvalue weighted by Gasteiger charge is 2.42. The van der Waals surface area contributed by atoms with Crippen LogP contribution in [-0.4, -0.2) is 48.3 Å². The zero-order valence-corrected chi connectivity index (χ0v) is 33.6. The van der Waals surface area contributed by atoms with Crippen molar-refractivity contribution in [2.24, 2.45) is 0 Å². The Morgan fingerprint density at radius 1 is 0.845 bits per heavy atom. The van der Waals surface area contributed by atoms with Gasteiger partial charge in [-0.2, -0.15) is 5.10 Å². The highest BCUT2D eigenvalue weighted by Crippen LogP contribution is 2.44. The van der Waals surface area contributed by atoms with Crippen molar-refractivity contribution in [3.05, 3.63) is 178 Å². The molecule has 0 bridgehead atoms. The highest BCUT2D eigenvalue weighted by molar-refractivity contribution is 7.13. The molecular weight excluding hydrogens is 769 g/mol. The fraction of sp³-hybridized carbons (Fsp3) is 0.174. The summed E-state index contributed by atoms with van der Waals surface area (Å²) in [5, 5.41) is 11.5. The number of pyridine rings is 2. The van der Waals surface area contributed by atoms with Gasteiger partial charge in [-0.25, -0.2) is 24.0 Å². The topological polar surface area (TPSA) is 108 Å². The smallest absolute Gasteiger partial charge is 0.307 e. The fourth-order valence-electron chi connectivity index (χ4n) is 7.47. The third-order valence-electron chi connectivity index (χ3n) is 10.4. The molecule has 0 spiro atoms. The molecule has 58 heavy (non-hydrogen) atoms. The van der Waals surface area contributed by atoms with Crippen molar-refractivity contribution >= 4 is 45.8 Å². The van der Waals surface area contributed by atoms with Gasteiger partial charge in [0.2, 0.25) is 0 Å². The van der Waals surface area contributed by atoms with Crippen LogP contribution in [0, 0.1) is 5.82 Å². The lowest BCUT2D eigenvalue weighted by atomic mass is 9.77. The summed E-state index contributed by atoms with van der Waals surface area (Å²) in [6, 6.07) is 40.7. The predicted octanol–water partition coefficient (Wildman–Crippen LogP) is 10.4. The van der Waals surface area contributed by atoms with Crippen LogP contribution in [0.15, 0.2) is 145 Å². The molecule has 5 aromatic heterocycles. The second-order valence-corrected chi connectivity index (χ2v) is 15.7. The average molecular weight is 808 g/mol. The first-order valence-corrected chi connectivity index (χ1v) is 20.1. The van der Waals surface area contributed by atoms with Crippen LogP contribution in [0.5, 0.6) is 0 Å². The SMILES string of the molecule is CCOC(=O)CC(Nc1nc(-c2nn(C(c3ccccc3)(c3ccccc3)c3ccccc3)c3ncc(Cl)cc23)nc(-c2cccs2)c1F)C(C)(C)c1ccccn1. The Balaban J connectivity index is 1.40. The lowest BCUT2D eigenvalue weighted by molar-refractivity contribution is -0.143. The molecule has 0 radical (unpaired) electrons. The van der Waals surface area contributed by atoms with Crippen LogP contribution < -0.4 is 5.32 Å². The first kappa shape index (κ1) is 38.6. The highest BCUT2D eigenvalue weighted by atomic mass is 35.5. The predicted molar refractivity (Wildman–Crippen MR) is 227 cm³/mol. The van der Waals surface area contributed by atoms with Crippen molar-refractivity contribution in [2.75, 3.05) is 11.9 Å². The Labute approximate surface area is 344 Å². The number of nitrogens with zero attached hydrogens (tertiary/aromatic N) is 6. The van der Waals surface area contributed by atoms with Gasteiger partial charge >= 0.3 is 5.97 Å². The zero-order chi connectivity index (χ0) is 40.3. The third kappa shape index (κ3) is 7.12. The van der Waals surface area contributed by atoms with Crippen molar-refractivity contribution in [1.29, 1.82) is 0 Å². The molecule has 5 heterocycles. The number of ether oxygens (including phenoxy) is 1. The molecule has 0 amide bonds. The molecule has 0 aliphatic carbocycles. The number of aromatic nitrogens is 6. The lowest BCUT2D eigenvalue weighted by Crippen LogP contribution is -2.42. The molecule has 1 atom stereocenters. The molecule has 8 rings (SSSR count). The largest absolute Gasteiger partial charge is 0.466 e. The molecule has 8 aromatic rings. The third-order valence-corrected chi connectivity index (χ3v) is 11.5. The first-order chi connectivity index (χ1) is 28.2. The van der Waals surface area contributed by atoms with E-state index in [0.29, 0.717) is 32.3 Å². The molecular formula is C46H39ClFN7O2S. The molecule has 1 unspecified atom stereocenters. The van der Waals surface area contributed by atoms with Gasteiger partial charge in [0.1, 0.15) is 16.9 Å². The molecule has 290 valence electrons. The van der Waals surface area contributed by atoms with Crippen molar-refractivity contribution in [1.82, 2.24) is 29.7 Å². The van der Waals surface area contributed by atoms with E-state index in [2.05, 4.69) is 46.7 Å². The average Bonchev–Trinajstić information content (AvgIpc) is 3.92. The van der Waals surface area contributed by atoms with Crippen molar-refractivity contribution in [2.45, 2.75) is 44.2 Å². The van der Waals surface area contributed by atoms with Crippen molar-refractivity contribution in [3.63, 3.8) is 0 Å². The minimum atomic E-state index is -1.05. The standard InChI is InChI=1S/C46H39ClFN7O2S/c1-4-57-38(56)28-37(45(2,3)36-24-14-15-25-49-36)51-42-39(48)41(35-23-16-26-58-35)52-43(53-42)40-34-27-33(47)29-50-44(34)55(54-40)46(30-17-8-5-9-18-30,31-19-10-6-11-20-31)32-21-12-7-13-22-32/h5-27,29,37H,4,28H2,1-3H3,(H,51,52,53). The van der Waals surface area contributed by atoms with E-state index in [-0.39, 0.29) is 30.4 Å². The number of carbonyl (C=O) groups excluding carboxylic acids is 1. The maximum absolute atomic E-state index is 17.0. The Bertz CT molecular complexity index is 2570. The summed E-state index contributed by atoms with van der Waals surface area (Å²) in [7, 11) is 0. The molecule has 1 N–H and O–H groups in total. The molecule has 0 aliphatic rings. The Hall–Kier alpha value is -6.30. The van der Waals surface area contributed by atoms with Gasteiger partial charge in [-0.05, 0) is 53.3 Å². The van der Waals surface area contributed by atoms with Gasteiger partial charge < -0.3 is 10.1 Å². The number of benzene rings is 3. The van der Waals surface area contributed by atoms with Crippen LogP contribution in [0.4, 0.5) is 10.2 Å². The number of carbonyl (C=O) groups is 1. The van der Waals surface area contributed by atoms with Gasteiger partial charge in [0.25, 0.3) is 0 Å². The van der Waals surface area contributed by atoms with Crippen LogP contribution in [-0.2, 0) is 20.5 Å². The maximum atomic E-state index is 17.0. The van der Waals surface area contributed by atoms with Crippen molar-refractivity contribution in [3.8, 4) is 22.1 Å². The fourth-order valence-corrected chi connectivity index (χ4v) is 8.33. The Morgan fingerprint density at radius 3 is 2.05 bits per heavy atom. The minimum Gasteiger partial charge on any atom is -0.466 e. The van der Waals surface area contributed by atoms with E-state index >= 15 is 4.39 Å². The summed E-state index contributed by atoms with van der Waals surface area (Å²) < 4.78 is 24.3. The van der Waals surface area contributed by atoms with Gasteiger partial charge in [0, 0.05) is 29.5 Å². The first-order valence-electron chi connectivity index (χ1n) is 18.9. The molecule has 0 saturated carbocycles. The number of rotatable bonds is 13. The van der Waals surface area contributed by atoms with Gasteiger partial charge in [0.05, 0.1) is 28.3 Å². The summed E-state index contributed by atoms with van der Waals surface area (Å²) in [5.41, 5.74) is 2.58. The van der Waals surface area contributed by atoms with E-state index in [9.17, 15) is 4.79 Å². The second-order valence-electron chi connectivity index (χ2n) is 14.3. The number of esters is 1. The summed E-state index contributed by atoms with van der Waals surface area (Å²) in [6.07, 6.45) is 3.19. The lowest BCUT2D eigenvalue weighted by Gasteiger charge is -2.36. The number of halogens is 2. The molecule has 3 aromatic carbocycles. The summed E-state index contributed by atoms with van der Waals surface area (Å²) in [5.74, 6) is -1.09. The van der Waals surface area contributed by atoms with E-state index in [1.165, 1.54) is 11.3 Å². The van der Waals surface area contributed by atoms with Crippen molar-refractivity contribution < 1.29 is 13.9 Å². The van der Waals surface area contributed by atoms with Crippen LogP contribution in [0.3, 0.4) is 0 Å². The minimum absolute atomic E-state index is 0.0751. The summed E-state index contributed by atoms with van der Waals surface area (Å²) >= 11 is 8.06. The van der Waals surface area contributed by atoms with Gasteiger partial charge in [-0.3, -0.25) is 9.78 Å². The van der Waals surface area contributed by atoms with E-state index in [0.717, 1.165) is 16.7 Å².